The van der Waals surface area contributed by atoms with Crippen LogP contribution in [0.4, 0.5) is 13.2 Å². The predicted octanol–water partition coefficient (Wildman–Crippen LogP) is 2.98. The van der Waals surface area contributed by atoms with E-state index in [0.29, 0.717) is 24.3 Å². The number of amides is 2. The summed E-state index contributed by atoms with van der Waals surface area (Å²) < 4.78 is 33.6. The van der Waals surface area contributed by atoms with Crippen LogP contribution >= 0.6 is 0 Å². The van der Waals surface area contributed by atoms with Crippen molar-refractivity contribution in [2.45, 2.75) is 25.6 Å². The molecule has 42 heavy (non-hydrogen) atoms. The third-order valence-electron chi connectivity index (χ3n) is 7.39. The number of likely N-dealkylation sites (N-methyl/N-ethyl adjacent to an activating group) is 1. The number of rotatable bonds is 3. The molecule has 0 radical (unpaired) electrons. The van der Waals surface area contributed by atoms with Gasteiger partial charge >= 0.3 is 12.1 Å². The number of hydrogen-bond acceptors (Lipinski definition) is 6. The van der Waals surface area contributed by atoms with Crippen LogP contribution in [0.1, 0.15) is 43.2 Å². The molecule has 1 aliphatic carbocycles. The number of fused-ring (bicyclic) bond motifs is 5. The summed E-state index contributed by atoms with van der Waals surface area (Å²) in [5, 5.41) is 14.8. The number of aliphatic carboxylic acids is 1. The van der Waals surface area contributed by atoms with Gasteiger partial charge < -0.3 is 20.2 Å². The first kappa shape index (κ1) is 29.0. The average Bonchev–Trinajstić information content (AvgIpc) is 3.36. The van der Waals surface area contributed by atoms with E-state index in [9.17, 15) is 22.8 Å². The van der Waals surface area contributed by atoms with E-state index in [1.54, 1.807) is 0 Å². The maximum Gasteiger partial charge on any atom is 0.490 e. The lowest BCUT2D eigenvalue weighted by atomic mass is 9.89. The third kappa shape index (κ3) is 6.20. The smallest absolute Gasteiger partial charge is 0.475 e. The number of nitrogens with zero attached hydrogens (tertiary/aromatic N) is 5. The van der Waals surface area contributed by atoms with Gasteiger partial charge in [0.05, 0.1) is 17.9 Å². The van der Waals surface area contributed by atoms with Crippen LogP contribution in [0, 0.1) is 0 Å². The fourth-order valence-electron chi connectivity index (χ4n) is 5.15. The van der Waals surface area contributed by atoms with Crippen molar-refractivity contribution in [2.24, 2.45) is 0 Å². The number of nitrogens with one attached hydrogen (secondary N) is 1. The fourth-order valence-corrected chi connectivity index (χ4v) is 5.15. The topological polar surface area (TPSA) is 121 Å². The molecular formula is C29H29F3N6O4. The van der Waals surface area contributed by atoms with Gasteiger partial charge in [0, 0.05) is 55.6 Å². The first-order valence-corrected chi connectivity index (χ1v) is 13.4. The molecule has 6 rings (SSSR count). The lowest BCUT2D eigenvalue weighted by Gasteiger charge is -2.32. The van der Waals surface area contributed by atoms with Gasteiger partial charge in [-0.25, -0.2) is 4.79 Å². The predicted molar refractivity (Wildman–Crippen MR) is 148 cm³/mol. The second kappa shape index (κ2) is 11.8. The van der Waals surface area contributed by atoms with Crippen LogP contribution in [0.3, 0.4) is 0 Å². The molecule has 0 saturated carbocycles. The largest absolute Gasteiger partial charge is 0.490 e. The lowest BCUT2D eigenvalue weighted by Crippen LogP contribution is -2.47. The molecule has 3 aliphatic rings. The molecular weight excluding hydrogens is 553 g/mol. The summed E-state index contributed by atoms with van der Waals surface area (Å²) >= 11 is 0. The number of carboxylic acids is 1. The Morgan fingerprint density at radius 2 is 1.79 bits per heavy atom. The van der Waals surface area contributed by atoms with Crippen LogP contribution in [0.15, 0.2) is 36.5 Å². The molecule has 13 heteroatoms. The van der Waals surface area contributed by atoms with Crippen molar-refractivity contribution in [3.05, 3.63) is 70.2 Å². The summed E-state index contributed by atoms with van der Waals surface area (Å²) in [5.74, 6) is -2.71. The first-order valence-electron chi connectivity index (χ1n) is 13.4. The van der Waals surface area contributed by atoms with Crippen molar-refractivity contribution in [3.8, 4) is 11.3 Å². The Bertz CT molecular complexity index is 1560. The molecule has 1 saturated heterocycles. The van der Waals surface area contributed by atoms with E-state index >= 15 is 0 Å². The fraction of sp³-hybridized carbons (Fsp3) is 0.345. The van der Waals surface area contributed by atoms with Gasteiger partial charge in [0.15, 0.2) is 0 Å². The normalized spacial score (nSPS) is 16.6. The minimum absolute atomic E-state index is 0.0337. The third-order valence-corrected chi connectivity index (χ3v) is 7.39. The maximum atomic E-state index is 13.0. The van der Waals surface area contributed by atoms with Crippen molar-refractivity contribution in [1.29, 1.82) is 0 Å². The molecule has 0 unspecified atom stereocenters. The van der Waals surface area contributed by atoms with Crippen molar-refractivity contribution >= 4 is 29.9 Å². The van der Waals surface area contributed by atoms with E-state index < -0.39 is 12.1 Å². The molecule has 220 valence electrons. The quantitative estimate of drug-likeness (QED) is 0.487. The van der Waals surface area contributed by atoms with Gasteiger partial charge in [0.1, 0.15) is 5.69 Å². The van der Waals surface area contributed by atoms with E-state index in [-0.39, 0.29) is 11.8 Å². The molecule has 1 fully saturated rings. The first-order chi connectivity index (χ1) is 20.0. The van der Waals surface area contributed by atoms with E-state index in [0.717, 1.165) is 72.7 Å². The van der Waals surface area contributed by atoms with Crippen molar-refractivity contribution < 1.29 is 32.7 Å². The highest BCUT2D eigenvalue weighted by Crippen LogP contribution is 2.35. The average molecular weight is 583 g/mol. The second-order valence-electron chi connectivity index (χ2n) is 10.3. The van der Waals surface area contributed by atoms with Crippen molar-refractivity contribution in [3.63, 3.8) is 0 Å². The van der Waals surface area contributed by atoms with E-state index in [1.807, 2.05) is 52.2 Å². The summed E-state index contributed by atoms with van der Waals surface area (Å²) in [6.07, 6.45) is 2.45. The van der Waals surface area contributed by atoms with Crippen LogP contribution in [0.2, 0.25) is 0 Å². The second-order valence-corrected chi connectivity index (χ2v) is 10.3. The van der Waals surface area contributed by atoms with Crippen LogP contribution in [0.25, 0.3) is 23.4 Å². The molecule has 3 aromatic rings. The van der Waals surface area contributed by atoms with Crippen molar-refractivity contribution in [2.75, 3.05) is 39.8 Å². The molecule has 2 N–H and O–H groups in total. The zero-order valence-electron chi connectivity index (χ0n) is 22.8. The molecule has 4 heterocycles. The van der Waals surface area contributed by atoms with Gasteiger partial charge in [-0.05, 0) is 55.3 Å². The number of alkyl halides is 3. The highest BCUT2D eigenvalue weighted by atomic mass is 19.4. The van der Waals surface area contributed by atoms with Gasteiger partial charge in [0.25, 0.3) is 11.8 Å². The molecule has 1 aromatic carbocycles. The van der Waals surface area contributed by atoms with Crippen LogP contribution in [-0.4, -0.2) is 93.4 Å². The zero-order valence-corrected chi connectivity index (χ0v) is 22.8. The monoisotopic (exact) mass is 582 g/mol. The summed E-state index contributed by atoms with van der Waals surface area (Å²) in [7, 11) is 2.08. The standard InChI is InChI=1S/C27H28N6O2.C2HF3O2/c1-31-11-13-32(14-12-31)27(35)19-4-2-3-18(15-19)5-7-21-16-23-20(17-29-21)6-8-22-24(23)30-33-10-9-28-26(34)25(22)33;3-2(4,5)1(6)7/h2-5,7,15-17H,6,8-14H2,1H3,(H,28,34);(H,6,7). The Morgan fingerprint density at radius 1 is 1.05 bits per heavy atom. The summed E-state index contributed by atoms with van der Waals surface area (Å²) in [6, 6.07) is 9.80. The zero-order chi connectivity index (χ0) is 30.0. The summed E-state index contributed by atoms with van der Waals surface area (Å²) in [5.41, 5.74) is 7.33. The number of pyridine rings is 1. The molecule has 2 aromatic heterocycles. The Morgan fingerprint density at radius 3 is 2.50 bits per heavy atom. The van der Waals surface area contributed by atoms with Crippen LogP contribution in [0.5, 0.6) is 0 Å². The van der Waals surface area contributed by atoms with Gasteiger partial charge in [-0.15, -0.1) is 0 Å². The minimum Gasteiger partial charge on any atom is -0.475 e. The highest BCUT2D eigenvalue weighted by Gasteiger charge is 2.38. The van der Waals surface area contributed by atoms with Gasteiger partial charge in [0.2, 0.25) is 0 Å². The lowest BCUT2D eigenvalue weighted by molar-refractivity contribution is -0.192. The van der Waals surface area contributed by atoms with E-state index in [4.69, 9.17) is 15.0 Å². The Labute approximate surface area is 239 Å². The number of aromatic nitrogens is 3. The number of carbonyl (C=O) groups excluding carboxylic acids is 2. The van der Waals surface area contributed by atoms with Crippen LogP contribution in [-0.2, 0) is 24.2 Å². The minimum atomic E-state index is -5.08. The molecule has 0 atom stereocenters. The number of halogens is 3. The number of aryl methyl sites for hydroxylation is 1. The summed E-state index contributed by atoms with van der Waals surface area (Å²) in [6.45, 7) is 4.64. The van der Waals surface area contributed by atoms with Gasteiger partial charge in [-0.2, -0.15) is 18.3 Å². The number of hydrogen-bond donors (Lipinski definition) is 2. The molecule has 10 nitrogen and oxygen atoms in total. The van der Waals surface area contributed by atoms with Gasteiger partial charge in [-0.1, -0.05) is 18.2 Å². The van der Waals surface area contributed by atoms with E-state index in [2.05, 4.69) is 28.3 Å². The van der Waals surface area contributed by atoms with E-state index in [1.165, 1.54) is 0 Å². The molecule has 0 bridgehead atoms. The Kier molecular flexibility index (Phi) is 8.12. The Balaban J connectivity index is 0.000000451. The maximum absolute atomic E-state index is 13.0. The summed E-state index contributed by atoms with van der Waals surface area (Å²) in [4.78, 5) is 43.1. The number of piperazine rings is 1. The SMILES string of the molecule is CN1CCN(C(=O)c2cccc(C=Cc3cc4c(cn3)CCc3c-4nn4c3C(=O)NCC4)c2)CC1.O=C(O)C(F)(F)F. The highest BCUT2D eigenvalue weighted by molar-refractivity contribution is 5.97. The molecule has 2 amide bonds. The Hall–Kier alpha value is -4.52. The number of carbonyl (C=O) groups is 3. The van der Waals surface area contributed by atoms with Crippen LogP contribution < -0.4 is 5.32 Å². The molecule has 2 aliphatic heterocycles. The van der Waals surface area contributed by atoms with Gasteiger partial charge in [-0.3, -0.25) is 19.3 Å². The molecule has 0 spiro atoms. The number of benzene rings is 1. The number of carboxylic acid groups (broad SMARTS) is 1. The van der Waals surface area contributed by atoms with Crippen molar-refractivity contribution in [1.82, 2.24) is 29.9 Å².